The maximum Gasteiger partial charge on any atom is 0.277 e. The van der Waals surface area contributed by atoms with Crippen molar-refractivity contribution in [3.05, 3.63) is 34.2 Å². The van der Waals surface area contributed by atoms with E-state index >= 15 is 0 Å². The number of nitrogens with zero attached hydrogens (tertiary/aromatic N) is 3. The fraction of sp³-hybridized carbons (Fsp3) is 0.421. The van der Waals surface area contributed by atoms with E-state index in [0.29, 0.717) is 34.6 Å². The van der Waals surface area contributed by atoms with Gasteiger partial charge in [-0.05, 0) is 32.2 Å². The summed E-state index contributed by atoms with van der Waals surface area (Å²) in [6.07, 6.45) is 0. The van der Waals surface area contributed by atoms with Gasteiger partial charge in [0.25, 0.3) is 5.56 Å². The van der Waals surface area contributed by atoms with Crippen LogP contribution in [-0.4, -0.2) is 41.8 Å². The first kappa shape index (κ1) is 21.0. The van der Waals surface area contributed by atoms with Gasteiger partial charge >= 0.3 is 0 Å². The Morgan fingerprint density at radius 3 is 2.55 bits per heavy atom. The Hall–Kier alpha value is -2.72. The van der Waals surface area contributed by atoms with Gasteiger partial charge in [0.05, 0.1) is 22.8 Å². The predicted octanol–water partition coefficient (Wildman–Crippen LogP) is 1.93. The van der Waals surface area contributed by atoms with E-state index in [1.165, 1.54) is 23.9 Å². The van der Waals surface area contributed by atoms with Gasteiger partial charge in [-0.3, -0.25) is 9.48 Å². The van der Waals surface area contributed by atoms with Crippen LogP contribution in [0.5, 0.6) is 5.75 Å². The zero-order chi connectivity index (χ0) is 21.6. The number of aromatic amines is 1. The van der Waals surface area contributed by atoms with Crippen molar-refractivity contribution < 1.29 is 13.2 Å². The van der Waals surface area contributed by atoms with Crippen LogP contribution in [0.15, 0.2) is 27.9 Å². The van der Waals surface area contributed by atoms with E-state index < -0.39 is 10.0 Å². The minimum Gasteiger partial charge on any atom is -0.493 e. The summed E-state index contributed by atoms with van der Waals surface area (Å²) in [4.78, 5) is 20.3. The number of rotatable bonds is 5. The molecule has 29 heavy (non-hydrogen) atoms. The van der Waals surface area contributed by atoms with Gasteiger partial charge in [0, 0.05) is 12.5 Å². The first-order valence-electron chi connectivity index (χ1n) is 9.18. The third-order valence-electron chi connectivity index (χ3n) is 4.49. The number of H-pyrrole nitrogens is 1. The topological polar surface area (TPSA) is 119 Å². The number of nitrogens with one attached hydrogen (secondary N) is 2. The van der Waals surface area contributed by atoms with Crippen LogP contribution in [-0.2, 0) is 22.5 Å². The molecule has 0 saturated carbocycles. The quantitative estimate of drug-likeness (QED) is 0.652. The number of hydrogen-bond acceptors (Lipinski definition) is 6. The first-order chi connectivity index (χ1) is 13.5. The molecule has 0 unspecified atom stereocenters. The van der Waals surface area contributed by atoms with Crippen LogP contribution in [0.2, 0.25) is 0 Å². The number of benzene rings is 1. The first-order valence-corrected chi connectivity index (χ1v) is 10.7. The summed E-state index contributed by atoms with van der Waals surface area (Å²) in [5.74, 6) is 0.642. The lowest BCUT2D eigenvalue weighted by atomic mass is 9.91. The fourth-order valence-corrected chi connectivity index (χ4v) is 3.83. The molecular weight excluding hydrogens is 394 g/mol. The second-order valence-electron chi connectivity index (χ2n) is 7.63. The second kappa shape index (κ2) is 7.27. The van der Waals surface area contributed by atoms with E-state index in [1.807, 2.05) is 27.7 Å². The zero-order valence-electron chi connectivity index (χ0n) is 17.3. The van der Waals surface area contributed by atoms with Gasteiger partial charge in [-0.25, -0.2) is 18.1 Å². The van der Waals surface area contributed by atoms with E-state index in [0.717, 1.165) is 0 Å². The van der Waals surface area contributed by atoms with Crippen molar-refractivity contribution in [3.8, 4) is 17.1 Å². The molecule has 2 N–H and O–H groups in total. The molecule has 9 nitrogen and oxygen atoms in total. The normalized spacial score (nSPS) is 12.5. The van der Waals surface area contributed by atoms with Crippen LogP contribution in [0.4, 0.5) is 0 Å². The Kier molecular flexibility index (Phi) is 5.26. The molecule has 3 rings (SSSR count). The maximum absolute atomic E-state index is 12.8. The highest BCUT2D eigenvalue weighted by Crippen LogP contribution is 2.32. The highest BCUT2D eigenvalue weighted by Gasteiger charge is 2.26. The molecule has 0 radical (unpaired) electrons. The highest BCUT2D eigenvalue weighted by atomic mass is 32.2. The summed E-state index contributed by atoms with van der Waals surface area (Å²) in [6.45, 7) is 8.16. The summed E-state index contributed by atoms with van der Waals surface area (Å²) in [5, 5.41) is 4.48. The Balaban J connectivity index is 2.35. The Morgan fingerprint density at radius 2 is 1.97 bits per heavy atom. The molecule has 0 aliphatic rings. The summed E-state index contributed by atoms with van der Waals surface area (Å²) < 4.78 is 34.0. The van der Waals surface area contributed by atoms with Gasteiger partial charge < -0.3 is 9.72 Å². The molecule has 0 bridgehead atoms. The SMILES string of the molecule is CCOc1ccc(S(=O)(=O)NC)cc1-c1nc2c(C(C)(C)C)nn(C)c2c(=O)[nH]1. The average Bonchev–Trinajstić information content (AvgIpc) is 2.99. The molecule has 0 atom stereocenters. The zero-order valence-corrected chi connectivity index (χ0v) is 18.1. The van der Waals surface area contributed by atoms with Crippen molar-refractivity contribution in [2.45, 2.75) is 38.0 Å². The van der Waals surface area contributed by atoms with E-state index in [4.69, 9.17) is 4.74 Å². The number of sulfonamides is 1. The molecule has 1 aromatic carbocycles. The van der Waals surface area contributed by atoms with Crippen LogP contribution < -0.4 is 15.0 Å². The Bertz CT molecular complexity index is 1240. The second-order valence-corrected chi connectivity index (χ2v) is 9.52. The molecular formula is C19H25N5O4S. The van der Waals surface area contributed by atoms with E-state index in [1.54, 1.807) is 13.1 Å². The van der Waals surface area contributed by atoms with Crippen molar-refractivity contribution in [1.82, 2.24) is 24.5 Å². The number of aryl methyl sites for hydroxylation is 1. The van der Waals surface area contributed by atoms with E-state index in [2.05, 4.69) is 19.8 Å². The summed E-state index contributed by atoms with van der Waals surface area (Å²) in [7, 11) is -0.652. The monoisotopic (exact) mass is 419 g/mol. The number of fused-ring (bicyclic) bond motifs is 1. The largest absolute Gasteiger partial charge is 0.493 e. The Labute approximate surface area is 169 Å². The number of aromatic nitrogens is 4. The third-order valence-corrected chi connectivity index (χ3v) is 5.90. The lowest BCUT2D eigenvalue weighted by Gasteiger charge is -2.15. The average molecular weight is 420 g/mol. The molecule has 0 fully saturated rings. The van der Waals surface area contributed by atoms with Gasteiger partial charge in [-0.2, -0.15) is 5.10 Å². The van der Waals surface area contributed by atoms with Crippen molar-refractivity contribution >= 4 is 21.1 Å². The molecule has 2 aromatic heterocycles. The fourth-order valence-electron chi connectivity index (χ4n) is 3.07. The van der Waals surface area contributed by atoms with Gasteiger partial charge in [0.1, 0.15) is 17.1 Å². The smallest absolute Gasteiger partial charge is 0.277 e. The molecule has 2 heterocycles. The van der Waals surface area contributed by atoms with Gasteiger partial charge in [0.2, 0.25) is 10.0 Å². The minimum absolute atomic E-state index is 0.0448. The predicted molar refractivity (Wildman–Crippen MR) is 111 cm³/mol. The molecule has 0 aliphatic heterocycles. The maximum atomic E-state index is 12.8. The van der Waals surface area contributed by atoms with Crippen LogP contribution in [0.3, 0.4) is 0 Å². The van der Waals surface area contributed by atoms with Gasteiger partial charge in [-0.15, -0.1) is 0 Å². The lowest BCUT2D eigenvalue weighted by molar-refractivity contribution is 0.341. The molecule has 156 valence electrons. The van der Waals surface area contributed by atoms with Crippen LogP contribution in [0.1, 0.15) is 33.4 Å². The van der Waals surface area contributed by atoms with Crippen molar-refractivity contribution in [2.75, 3.05) is 13.7 Å². The highest BCUT2D eigenvalue weighted by molar-refractivity contribution is 7.89. The lowest BCUT2D eigenvalue weighted by Crippen LogP contribution is -2.19. The standard InChI is InChI=1S/C19H25N5O4S/c1-7-28-13-9-8-11(29(26,27)20-5)10-12(13)17-21-14-15(18(25)22-17)24(6)23-16(14)19(2,3)4/h8-10,20H,7H2,1-6H3,(H,21,22,25). The summed E-state index contributed by atoms with van der Waals surface area (Å²) in [5.41, 5.74) is 1.20. The Morgan fingerprint density at radius 1 is 1.28 bits per heavy atom. The molecule has 0 spiro atoms. The van der Waals surface area contributed by atoms with Gasteiger partial charge in [0.15, 0.2) is 5.52 Å². The van der Waals surface area contributed by atoms with Crippen molar-refractivity contribution in [2.24, 2.45) is 7.05 Å². The molecule has 10 heteroatoms. The van der Waals surface area contributed by atoms with Crippen LogP contribution >= 0.6 is 0 Å². The number of hydrogen-bond donors (Lipinski definition) is 2. The summed E-state index contributed by atoms with van der Waals surface area (Å²) in [6, 6.07) is 4.44. The number of ether oxygens (including phenoxy) is 1. The van der Waals surface area contributed by atoms with Crippen LogP contribution in [0.25, 0.3) is 22.4 Å². The van der Waals surface area contributed by atoms with Crippen molar-refractivity contribution in [3.63, 3.8) is 0 Å². The van der Waals surface area contributed by atoms with Gasteiger partial charge in [-0.1, -0.05) is 20.8 Å². The molecule has 3 aromatic rings. The van der Waals surface area contributed by atoms with E-state index in [9.17, 15) is 13.2 Å². The van der Waals surface area contributed by atoms with E-state index in [-0.39, 0.29) is 21.7 Å². The van der Waals surface area contributed by atoms with Crippen LogP contribution in [0, 0.1) is 0 Å². The summed E-state index contributed by atoms with van der Waals surface area (Å²) >= 11 is 0. The van der Waals surface area contributed by atoms with Crippen molar-refractivity contribution in [1.29, 1.82) is 0 Å². The molecule has 0 aliphatic carbocycles. The molecule has 0 saturated heterocycles. The molecule has 0 amide bonds. The third kappa shape index (κ3) is 3.77. The minimum atomic E-state index is -3.68.